The first-order chi connectivity index (χ1) is 18.9. The third-order valence-electron chi connectivity index (χ3n) is 6.80. The Bertz CT molecular complexity index is 1960. The van der Waals surface area contributed by atoms with Crippen molar-refractivity contribution in [3.8, 4) is 16.9 Å². The van der Waals surface area contributed by atoms with Gasteiger partial charge in [0.15, 0.2) is 5.65 Å². The second-order valence-electron chi connectivity index (χ2n) is 9.39. The third-order valence-corrected chi connectivity index (χ3v) is 6.80. The summed E-state index contributed by atoms with van der Waals surface area (Å²) in [6.07, 6.45) is 1.33. The molecular formula is C29H24FN7O2. The molecule has 0 aliphatic carbocycles. The number of aliphatic hydroxyl groups excluding tert-OH is 1. The van der Waals surface area contributed by atoms with E-state index in [1.165, 1.54) is 18.5 Å². The standard InChI is InChI=1S/C29H24FN7O2/c1-16-6-3-4-9-22(16)37-23(34-21-8-5-7-17(2)24(21)29(37)39)13-36-28-25(27(31)32-15-33-28)26(35-36)19-10-18(14-38)11-20(30)12-19/h3-12,15,38H,13-14H2,1-2H3,(H2,31,32,33). The lowest BCUT2D eigenvalue weighted by molar-refractivity contribution is 0.281. The molecule has 0 saturated heterocycles. The predicted octanol–water partition coefficient (Wildman–Crippen LogP) is 4.07. The molecule has 0 aliphatic rings. The summed E-state index contributed by atoms with van der Waals surface area (Å²) in [6, 6.07) is 17.4. The topological polar surface area (TPSA) is 125 Å². The average Bonchev–Trinajstić information content (AvgIpc) is 3.29. The molecule has 0 saturated carbocycles. The fraction of sp³-hybridized carbons (Fsp3) is 0.138. The molecule has 39 heavy (non-hydrogen) atoms. The Morgan fingerprint density at radius 3 is 2.56 bits per heavy atom. The number of fused-ring (bicyclic) bond motifs is 2. The number of nitrogens with zero attached hydrogens (tertiary/aromatic N) is 6. The van der Waals surface area contributed by atoms with Gasteiger partial charge in [0.2, 0.25) is 0 Å². The highest BCUT2D eigenvalue weighted by Gasteiger charge is 2.21. The summed E-state index contributed by atoms with van der Waals surface area (Å²) in [5.74, 6) is 0.0971. The summed E-state index contributed by atoms with van der Waals surface area (Å²) < 4.78 is 17.6. The van der Waals surface area contributed by atoms with Crippen molar-refractivity contribution in [1.29, 1.82) is 0 Å². The first kappa shape index (κ1) is 24.4. The highest BCUT2D eigenvalue weighted by atomic mass is 19.1. The highest BCUT2D eigenvalue weighted by molar-refractivity contribution is 5.98. The Balaban J connectivity index is 1.62. The summed E-state index contributed by atoms with van der Waals surface area (Å²) in [4.78, 5) is 27.4. The van der Waals surface area contributed by atoms with Crippen LogP contribution in [0.25, 0.3) is 38.9 Å². The molecule has 194 valence electrons. The van der Waals surface area contributed by atoms with Crippen molar-refractivity contribution in [3.05, 3.63) is 106 Å². The van der Waals surface area contributed by atoms with Crippen LogP contribution in [-0.2, 0) is 13.2 Å². The Labute approximate surface area is 222 Å². The van der Waals surface area contributed by atoms with Crippen molar-refractivity contribution in [3.63, 3.8) is 0 Å². The van der Waals surface area contributed by atoms with E-state index in [2.05, 4.69) is 9.97 Å². The normalized spacial score (nSPS) is 11.5. The maximum atomic E-state index is 14.4. The van der Waals surface area contributed by atoms with Crippen LogP contribution < -0.4 is 11.3 Å². The number of nitrogens with two attached hydrogens (primary N) is 1. The Kier molecular flexibility index (Phi) is 5.88. The van der Waals surface area contributed by atoms with E-state index in [4.69, 9.17) is 15.8 Å². The lowest BCUT2D eigenvalue weighted by Gasteiger charge is -2.16. The van der Waals surface area contributed by atoms with E-state index in [0.717, 1.165) is 11.1 Å². The molecule has 0 unspecified atom stereocenters. The van der Waals surface area contributed by atoms with E-state index in [1.807, 2.05) is 56.3 Å². The molecule has 3 heterocycles. The van der Waals surface area contributed by atoms with Crippen molar-refractivity contribution >= 4 is 27.8 Å². The second kappa shape index (κ2) is 9.41. The summed E-state index contributed by atoms with van der Waals surface area (Å²) in [7, 11) is 0. The zero-order chi connectivity index (χ0) is 27.3. The van der Waals surface area contributed by atoms with Crippen LogP contribution in [0.2, 0.25) is 0 Å². The van der Waals surface area contributed by atoms with Crippen LogP contribution in [-0.4, -0.2) is 34.4 Å². The minimum Gasteiger partial charge on any atom is -0.392 e. The van der Waals surface area contributed by atoms with Gasteiger partial charge in [0.25, 0.3) is 5.56 Å². The molecule has 0 fully saturated rings. The van der Waals surface area contributed by atoms with E-state index in [0.29, 0.717) is 50.3 Å². The number of para-hydroxylation sites is 1. The molecule has 6 rings (SSSR count). The second-order valence-corrected chi connectivity index (χ2v) is 9.39. The van der Waals surface area contributed by atoms with Crippen molar-refractivity contribution in [2.75, 3.05) is 5.73 Å². The summed E-state index contributed by atoms with van der Waals surface area (Å²) in [6.45, 7) is 3.56. The number of aryl methyl sites for hydroxylation is 2. The fourth-order valence-electron chi connectivity index (χ4n) is 4.97. The first-order valence-electron chi connectivity index (χ1n) is 12.3. The molecule has 0 spiro atoms. The number of halogens is 1. The molecule has 3 aromatic heterocycles. The van der Waals surface area contributed by atoms with Crippen LogP contribution in [0.5, 0.6) is 0 Å². The van der Waals surface area contributed by atoms with Gasteiger partial charge in [-0.3, -0.25) is 9.36 Å². The number of anilines is 1. The summed E-state index contributed by atoms with van der Waals surface area (Å²) >= 11 is 0. The molecule has 3 aromatic carbocycles. The Morgan fingerprint density at radius 1 is 0.974 bits per heavy atom. The average molecular weight is 522 g/mol. The van der Waals surface area contributed by atoms with Crippen molar-refractivity contribution in [2.24, 2.45) is 0 Å². The minimum atomic E-state index is -0.519. The van der Waals surface area contributed by atoms with Gasteiger partial charge in [-0.05, 0) is 60.9 Å². The third kappa shape index (κ3) is 4.11. The molecule has 9 nitrogen and oxygen atoms in total. The molecule has 0 bridgehead atoms. The van der Waals surface area contributed by atoms with E-state index in [9.17, 15) is 14.3 Å². The molecule has 6 aromatic rings. The van der Waals surface area contributed by atoms with Crippen molar-refractivity contribution in [2.45, 2.75) is 27.0 Å². The molecular weight excluding hydrogens is 497 g/mol. The lowest BCUT2D eigenvalue weighted by atomic mass is 10.1. The molecule has 10 heteroatoms. The van der Waals surface area contributed by atoms with Gasteiger partial charge >= 0.3 is 0 Å². The maximum Gasteiger partial charge on any atom is 0.266 e. The number of rotatable bonds is 5. The van der Waals surface area contributed by atoms with Gasteiger partial charge in [0.05, 0.1) is 28.6 Å². The molecule has 0 amide bonds. The Morgan fingerprint density at radius 2 is 1.77 bits per heavy atom. The summed E-state index contributed by atoms with van der Waals surface area (Å²) in [5.41, 5.74) is 10.7. The van der Waals surface area contributed by atoms with Gasteiger partial charge in [-0.25, -0.2) is 24.0 Å². The van der Waals surface area contributed by atoms with Crippen LogP contribution in [0.4, 0.5) is 10.2 Å². The van der Waals surface area contributed by atoms with Crippen LogP contribution in [0.15, 0.2) is 71.8 Å². The molecule has 0 aliphatic heterocycles. The number of aliphatic hydroxyl groups is 1. The maximum absolute atomic E-state index is 14.4. The number of hydrogen-bond acceptors (Lipinski definition) is 7. The molecule has 0 radical (unpaired) electrons. The van der Waals surface area contributed by atoms with Crippen LogP contribution in [0.3, 0.4) is 0 Å². The fourth-order valence-corrected chi connectivity index (χ4v) is 4.97. The van der Waals surface area contributed by atoms with Gasteiger partial charge in [-0.1, -0.05) is 30.3 Å². The molecule has 3 N–H and O–H groups in total. The van der Waals surface area contributed by atoms with Crippen LogP contribution in [0.1, 0.15) is 22.5 Å². The van der Waals surface area contributed by atoms with Gasteiger partial charge in [-0.15, -0.1) is 0 Å². The Hall–Kier alpha value is -4.96. The van der Waals surface area contributed by atoms with Crippen molar-refractivity contribution < 1.29 is 9.50 Å². The highest BCUT2D eigenvalue weighted by Crippen LogP contribution is 2.32. The summed E-state index contributed by atoms with van der Waals surface area (Å²) in [5, 5.41) is 15.3. The van der Waals surface area contributed by atoms with E-state index in [-0.39, 0.29) is 24.5 Å². The van der Waals surface area contributed by atoms with E-state index >= 15 is 0 Å². The van der Waals surface area contributed by atoms with Gasteiger partial charge in [0, 0.05) is 5.56 Å². The predicted molar refractivity (Wildman–Crippen MR) is 147 cm³/mol. The van der Waals surface area contributed by atoms with Gasteiger partial charge in [-0.2, -0.15) is 5.10 Å². The quantitative estimate of drug-likeness (QED) is 0.350. The lowest BCUT2D eigenvalue weighted by Crippen LogP contribution is -2.26. The first-order valence-corrected chi connectivity index (χ1v) is 12.3. The number of benzene rings is 3. The molecule has 0 atom stereocenters. The largest absolute Gasteiger partial charge is 0.392 e. The monoisotopic (exact) mass is 521 g/mol. The zero-order valence-electron chi connectivity index (χ0n) is 21.3. The number of aromatic nitrogens is 6. The van der Waals surface area contributed by atoms with Crippen LogP contribution >= 0.6 is 0 Å². The number of nitrogen functional groups attached to an aromatic ring is 1. The SMILES string of the molecule is Cc1ccccc1-n1c(Cn2nc(-c3cc(F)cc(CO)c3)c3c(N)ncnc32)nc2cccc(C)c2c1=O. The minimum absolute atomic E-state index is 0.0720. The van der Waals surface area contributed by atoms with Crippen LogP contribution in [0, 0.1) is 19.7 Å². The van der Waals surface area contributed by atoms with Gasteiger partial charge in [0.1, 0.15) is 36.0 Å². The van der Waals surface area contributed by atoms with E-state index in [1.54, 1.807) is 15.3 Å². The van der Waals surface area contributed by atoms with Crippen molar-refractivity contribution in [1.82, 2.24) is 29.3 Å². The smallest absolute Gasteiger partial charge is 0.266 e. The number of hydrogen-bond donors (Lipinski definition) is 2. The van der Waals surface area contributed by atoms with Gasteiger partial charge < -0.3 is 10.8 Å². The zero-order valence-corrected chi connectivity index (χ0v) is 21.3. The van der Waals surface area contributed by atoms with E-state index < -0.39 is 5.82 Å².